The van der Waals surface area contributed by atoms with Gasteiger partial charge in [0.05, 0.1) is 25.0 Å². The number of imidazole rings is 1. The van der Waals surface area contributed by atoms with Crippen LogP contribution < -0.4 is 5.32 Å². The molecule has 1 aromatic carbocycles. The van der Waals surface area contributed by atoms with Crippen molar-refractivity contribution in [3.63, 3.8) is 0 Å². The Hall–Kier alpha value is -2.34. The van der Waals surface area contributed by atoms with Gasteiger partial charge in [0.1, 0.15) is 0 Å². The van der Waals surface area contributed by atoms with Gasteiger partial charge >= 0.3 is 0 Å². The van der Waals surface area contributed by atoms with Gasteiger partial charge in [-0.3, -0.25) is 4.99 Å². The van der Waals surface area contributed by atoms with Gasteiger partial charge in [-0.15, -0.1) is 0 Å². The molecule has 0 aliphatic carbocycles. The monoisotopic (exact) mass is 396 g/mol. The van der Waals surface area contributed by atoms with Crippen LogP contribution in [0.15, 0.2) is 48.0 Å². The molecule has 0 saturated carbocycles. The number of piperidine rings is 1. The van der Waals surface area contributed by atoms with Gasteiger partial charge in [0.2, 0.25) is 0 Å². The molecule has 6 heteroatoms. The van der Waals surface area contributed by atoms with Gasteiger partial charge in [0, 0.05) is 32.0 Å². The molecule has 158 valence electrons. The summed E-state index contributed by atoms with van der Waals surface area (Å²) >= 11 is 0. The summed E-state index contributed by atoms with van der Waals surface area (Å²) in [4.78, 5) is 14.0. The molecule has 0 radical (unpaired) electrons. The minimum Gasteiger partial charge on any atom is -0.357 e. The van der Waals surface area contributed by atoms with E-state index in [-0.39, 0.29) is 6.04 Å². The average Bonchev–Trinajstić information content (AvgIpc) is 3.23. The highest BCUT2D eigenvalue weighted by Gasteiger charge is 2.29. The van der Waals surface area contributed by atoms with Crippen LogP contribution in [0.2, 0.25) is 0 Å². The zero-order valence-corrected chi connectivity index (χ0v) is 18.5. The molecule has 0 spiro atoms. The molecule has 1 aliphatic rings. The topological polar surface area (TPSA) is 48.7 Å². The van der Waals surface area contributed by atoms with Crippen LogP contribution in [0.5, 0.6) is 0 Å². The fourth-order valence-corrected chi connectivity index (χ4v) is 4.05. The van der Waals surface area contributed by atoms with Crippen molar-refractivity contribution in [2.45, 2.75) is 39.3 Å². The fourth-order valence-electron chi connectivity index (χ4n) is 4.05. The molecular weight excluding hydrogens is 360 g/mol. The quantitative estimate of drug-likeness (QED) is 0.601. The van der Waals surface area contributed by atoms with Crippen LogP contribution in [-0.4, -0.2) is 65.6 Å². The van der Waals surface area contributed by atoms with Crippen molar-refractivity contribution in [1.82, 2.24) is 24.7 Å². The Bertz CT molecular complexity index is 765. The summed E-state index contributed by atoms with van der Waals surface area (Å²) < 4.78 is 2.25. The molecule has 0 amide bonds. The van der Waals surface area contributed by atoms with Gasteiger partial charge in [0.25, 0.3) is 0 Å². The second-order valence-electron chi connectivity index (χ2n) is 8.37. The standard InChI is InChI=1S/C23H36N6/c1-6-25-23(26-15-21(27(4)5)20-9-7-18(2)8-10-20)28-13-11-19(3)22(16-28)29-14-12-24-17-29/h7-10,12,14,17,19,21-22H,6,11,13,15-16H2,1-5H3,(H,25,26). The molecule has 6 nitrogen and oxygen atoms in total. The highest BCUT2D eigenvalue weighted by Crippen LogP contribution is 2.27. The minimum atomic E-state index is 0.261. The van der Waals surface area contributed by atoms with Crippen molar-refractivity contribution >= 4 is 5.96 Å². The molecular formula is C23H36N6. The van der Waals surface area contributed by atoms with Gasteiger partial charge in [0.15, 0.2) is 5.96 Å². The lowest BCUT2D eigenvalue weighted by atomic mass is 9.93. The Balaban J connectivity index is 1.76. The predicted molar refractivity (Wildman–Crippen MR) is 120 cm³/mol. The zero-order valence-electron chi connectivity index (χ0n) is 18.5. The van der Waals surface area contributed by atoms with E-state index in [1.807, 2.05) is 12.5 Å². The first-order valence-corrected chi connectivity index (χ1v) is 10.7. The maximum atomic E-state index is 5.06. The summed E-state index contributed by atoms with van der Waals surface area (Å²) in [5.74, 6) is 1.65. The molecule has 1 fully saturated rings. The first-order chi connectivity index (χ1) is 14.0. The average molecular weight is 397 g/mol. The smallest absolute Gasteiger partial charge is 0.194 e. The highest BCUT2D eigenvalue weighted by molar-refractivity contribution is 5.80. The van der Waals surface area contributed by atoms with Crippen LogP contribution in [0.3, 0.4) is 0 Å². The first kappa shape index (κ1) is 21.4. The number of guanidine groups is 1. The number of aliphatic imine (C=N–C) groups is 1. The van der Waals surface area contributed by atoms with E-state index in [0.717, 1.165) is 38.6 Å². The van der Waals surface area contributed by atoms with Crippen LogP contribution in [0, 0.1) is 12.8 Å². The number of likely N-dealkylation sites (N-methyl/N-ethyl adjacent to an activating group) is 1. The molecule has 1 aliphatic heterocycles. The molecule has 0 bridgehead atoms. The van der Waals surface area contributed by atoms with Crippen molar-refractivity contribution in [3.8, 4) is 0 Å². The van der Waals surface area contributed by atoms with E-state index in [4.69, 9.17) is 4.99 Å². The number of hydrogen-bond donors (Lipinski definition) is 1. The third-order valence-corrected chi connectivity index (χ3v) is 5.96. The predicted octanol–water partition coefficient (Wildman–Crippen LogP) is 3.34. The highest BCUT2D eigenvalue weighted by atomic mass is 15.3. The molecule has 1 N–H and O–H groups in total. The van der Waals surface area contributed by atoms with E-state index in [1.54, 1.807) is 0 Å². The number of benzene rings is 1. The van der Waals surface area contributed by atoms with E-state index in [9.17, 15) is 0 Å². The number of aryl methyl sites for hydroxylation is 1. The van der Waals surface area contributed by atoms with Gasteiger partial charge in [-0.1, -0.05) is 36.8 Å². The Morgan fingerprint density at radius 2 is 2.07 bits per heavy atom. The molecule has 2 aromatic rings. The number of aromatic nitrogens is 2. The largest absolute Gasteiger partial charge is 0.357 e. The number of nitrogens with one attached hydrogen (secondary N) is 1. The second-order valence-corrected chi connectivity index (χ2v) is 8.37. The summed E-state index contributed by atoms with van der Waals surface area (Å²) in [7, 11) is 4.26. The normalized spacial score (nSPS) is 21.4. The zero-order chi connectivity index (χ0) is 20.8. The second kappa shape index (κ2) is 9.92. The van der Waals surface area contributed by atoms with E-state index in [0.29, 0.717) is 12.0 Å². The Labute approximate surface area is 175 Å². The maximum Gasteiger partial charge on any atom is 0.194 e. The number of likely N-dealkylation sites (tertiary alicyclic amines) is 1. The lowest BCUT2D eigenvalue weighted by molar-refractivity contribution is 0.188. The van der Waals surface area contributed by atoms with Crippen molar-refractivity contribution in [1.29, 1.82) is 0 Å². The van der Waals surface area contributed by atoms with Crippen LogP contribution in [0.1, 0.15) is 43.5 Å². The van der Waals surface area contributed by atoms with Crippen LogP contribution in [0.25, 0.3) is 0 Å². The van der Waals surface area contributed by atoms with Gasteiger partial charge in [-0.2, -0.15) is 0 Å². The molecule has 2 heterocycles. The van der Waals surface area contributed by atoms with Gasteiger partial charge in [-0.25, -0.2) is 4.98 Å². The fraction of sp³-hybridized carbons (Fsp3) is 0.565. The summed E-state index contributed by atoms with van der Waals surface area (Å²) in [5.41, 5.74) is 2.60. The molecule has 1 saturated heterocycles. The summed E-state index contributed by atoms with van der Waals surface area (Å²) in [6, 6.07) is 9.50. The molecule has 29 heavy (non-hydrogen) atoms. The van der Waals surface area contributed by atoms with E-state index in [1.165, 1.54) is 11.1 Å². The van der Waals surface area contributed by atoms with Gasteiger partial charge < -0.3 is 19.7 Å². The Morgan fingerprint density at radius 3 is 2.69 bits per heavy atom. The molecule has 3 unspecified atom stereocenters. The van der Waals surface area contributed by atoms with Crippen molar-refractivity contribution in [2.24, 2.45) is 10.9 Å². The summed E-state index contributed by atoms with van der Waals surface area (Å²) in [5, 5.41) is 3.52. The molecule has 3 rings (SSSR count). The van der Waals surface area contributed by atoms with Crippen molar-refractivity contribution in [3.05, 3.63) is 54.1 Å². The third kappa shape index (κ3) is 5.38. The summed E-state index contributed by atoms with van der Waals surface area (Å²) in [6.07, 6.45) is 7.04. The molecule has 1 aromatic heterocycles. The van der Waals surface area contributed by atoms with Crippen molar-refractivity contribution < 1.29 is 0 Å². The maximum absolute atomic E-state index is 5.06. The van der Waals surface area contributed by atoms with Crippen LogP contribution in [-0.2, 0) is 0 Å². The number of nitrogens with zero attached hydrogens (tertiary/aromatic N) is 5. The number of rotatable bonds is 6. The Morgan fingerprint density at radius 1 is 1.31 bits per heavy atom. The van der Waals surface area contributed by atoms with E-state index in [2.05, 4.69) is 90.0 Å². The summed E-state index contributed by atoms with van der Waals surface area (Å²) in [6.45, 7) is 10.2. The number of hydrogen-bond acceptors (Lipinski definition) is 3. The van der Waals surface area contributed by atoms with Crippen LogP contribution >= 0.6 is 0 Å². The Kier molecular flexibility index (Phi) is 7.31. The van der Waals surface area contributed by atoms with Crippen molar-refractivity contribution in [2.75, 3.05) is 40.3 Å². The van der Waals surface area contributed by atoms with E-state index < -0.39 is 0 Å². The SMILES string of the molecule is CCNC(=NCC(c1ccc(C)cc1)N(C)C)N1CCC(C)C(n2ccnc2)C1. The minimum absolute atomic E-state index is 0.261. The lowest BCUT2D eigenvalue weighted by Crippen LogP contribution is -2.49. The van der Waals surface area contributed by atoms with E-state index >= 15 is 0 Å². The van der Waals surface area contributed by atoms with Gasteiger partial charge in [-0.05, 0) is 45.8 Å². The van der Waals surface area contributed by atoms with Crippen LogP contribution in [0.4, 0.5) is 0 Å². The molecule has 3 atom stereocenters. The lowest BCUT2D eigenvalue weighted by Gasteiger charge is -2.39. The first-order valence-electron chi connectivity index (χ1n) is 10.7. The third-order valence-electron chi connectivity index (χ3n) is 5.96.